The zero-order valence-electron chi connectivity index (χ0n) is 17.9. The van der Waals surface area contributed by atoms with E-state index in [-0.39, 0.29) is 5.56 Å². The molecule has 0 bridgehead atoms. The molecule has 0 unspecified atom stereocenters. The second kappa shape index (κ2) is 8.99. The van der Waals surface area contributed by atoms with E-state index in [9.17, 15) is 18.0 Å². The largest absolute Gasteiger partial charge is 0.416 e. The van der Waals surface area contributed by atoms with Crippen molar-refractivity contribution in [3.05, 3.63) is 107 Å². The minimum atomic E-state index is -4.53. The number of nitrogens with one attached hydrogen (secondary N) is 1. The van der Waals surface area contributed by atoms with Gasteiger partial charge in [-0.2, -0.15) is 18.3 Å². The SMILES string of the molecule is O=C(Nc1cccc(-c2ccnc3cc(-c4ccc(Br)cc4)nn23)c1)c1cccc(C(F)(F)F)c1. The first-order chi connectivity index (χ1) is 16.8. The number of hydrogen-bond donors (Lipinski definition) is 1. The summed E-state index contributed by atoms with van der Waals surface area (Å²) < 4.78 is 41.7. The van der Waals surface area contributed by atoms with Crippen molar-refractivity contribution in [2.24, 2.45) is 0 Å². The summed E-state index contributed by atoms with van der Waals surface area (Å²) in [5, 5.41) is 7.38. The number of carbonyl (C=O) groups excluding carboxylic acids is 1. The monoisotopic (exact) mass is 536 g/mol. The predicted octanol–water partition coefficient (Wildman–Crippen LogP) is 7.10. The van der Waals surface area contributed by atoms with E-state index in [0.29, 0.717) is 11.3 Å². The van der Waals surface area contributed by atoms with Crippen molar-refractivity contribution in [3.63, 3.8) is 0 Å². The smallest absolute Gasteiger partial charge is 0.322 e. The van der Waals surface area contributed by atoms with Gasteiger partial charge in [-0.05, 0) is 48.5 Å². The van der Waals surface area contributed by atoms with Crippen molar-refractivity contribution in [1.29, 1.82) is 0 Å². The van der Waals surface area contributed by atoms with Crippen molar-refractivity contribution in [1.82, 2.24) is 14.6 Å². The van der Waals surface area contributed by atoms with Gasteiger partial charge in [0.2, 0.25) is 0 Å². The topological polar surface area (TPSA) is 59.3 Å². The number of halogens is 4. The van der Waals surface area contributed by atoms with Crippen LogP contribution in [0.3, 0.4) is 0 Å². The number of benzene rings is 3. The fraction of sp³-hybridized carbons (Fsp3) is 0.0385. The summed E-state index contributed by atoms with van der Waals surface area (Å²) >= 11 is 3.43. The molecular formula is C26H16BrF3N4O. The van der Waals surface area contributed by atoms with Crippen LogP contribution in [0, 0.1) is 0 Å². The van der Waals surface area contributed by atoms with E-state index in [1.165, 1.54) is 12.1 Å². The molecule has 0 radical (unpaired) electrons. The van der Waals surface area contributed by atoms with Gasteiger partial charge in [0.05, 0.1) is 17.0 Å². The number of fused-ring (bicyclic) bond motifs is 1. The van der Waals surface area contributed by atoms with Crippen LogP contribution in [0.15, 0.2) is 95.6 Å². The number of anilines is 1. The van der Waals surface area contributed by atoms with E-state index in [1.54, 1.807) is 35.0 Å². The molecule has 0 fully saturated rings. The van der Waals surface area contributed by atoms with Crippen LogP contribution < -0.4 is 5.32 Å². The van der Waals surface area contributed by atoms with Crippen LogP contribution in [0.1, 0.15) is 15.9 Å². The Balaban J connectivity index is 1.45. The fourth-order valence-electron chi connectivity index (χ4n) is 3.67. The lowest BCUT2D eigenvalue weighted by atomic mass is 10.1. The molecule has 0 atom stereocenters. The molecule has 0 aliphatic carbocycles. The van der Waals surface area contributed by atoms with Crippen LogP contribution in [0.25, 0.3) is 28.2 Å². The molecular weight excluding hydrogens is 521 g/mol. The van der Waals surface area contributed by atoms with Crippen molar-refractivity contribution in [3.8, 4) is 22.5 Å². The molecule has 2 aromatic heterocycles. The van der Waals surface area contributed by atoms with Gasteiger partial charge < -0.3 is 5.32 Å². The Morgan fingerprint density at radius 3 is 2.43 bits per heavy atom. The number of aromatic nitrogens is 3. The second-order valence-electron chi connectivity index (χ2n) is 7.75. The molecule has 5 nitrogen and oxygen atoms in total. The Bertz CT molecular complexity index is 1540. The number of nitrogens with zero attached hydrogens (tertiary/aromatic N) is 3. The Morgan fingerprint density at radius 2 is 1.66 bits per heavy atom. The maximum atomic E-state index is 13.0. The number of amides is 1. The second-order valence-corrected chi connectivity index (χ2v) is 8.67. The third kappa shape index (κ3) is 4.81. The van der Waals surface area contributed by atoms with E-state index < -0.39 is 17.6 Å². The summed E-state index contributed by atoms with van der Waals surface area (Å²) in [5.74, 6) is -0.635. The van der Waals surface area contributed by atoms with Crippen molar-refractivity contribution < 1.29 is 18.0 Å². The van der Waals surface area contributed by atoms with Crippen LogP contribution in [-0.4, -0.2) is 20.5 Å². The quantitative estimate of drug-likeness (QED) is 0.266. The third-order valence-electron chi connectivity index (χ3n) is 5.37. The normalized spacial score (nSPS) is 11.5. The molecule has 0 spiro atoms. The van der Waals surface area contributed by atoms with Crippen LogP contribution >= 0.6 is 15.9 Å². The van der Waals surface area contributed by atoms with Gasteiger partial charge in [0.15, 0.2) is 5.65 Å². The summed E-state index contributed by atoms with van der Waals surface area (Å²) in [6, 6.07) is 22.8. The lowest BCUT2D eigenvalue weighted by molar-refractivity contribution is -0.137. The van der Waals surface area contributed by atoms with Gasteiger partial charge in [-0.15, -0.1) is 0 Å². The molecule has 0 aliphatic rings. The van der Waals surface area contributed by atoms with Crippen LogP contribution in [-0.2, 0) is 6.18 Å². The highest BCUT2D eigenvalue weighted by Crippen LogP contribution is 2.30. The van der Waals surface area contributed by atoms with E-state index >= 15 is 0 Å². The van der Waals surface area contributed by atoms with E-state index in [2.05, 4.69) is 26.2 Å². The van der Waals surface area contributed by atoms with E-state index in [0.717, 1.165) is 39.1 Å². The molecule has 5 rings (SSSR count). The zero-order valence-corrected chi connectivity index (χ0v) is 19.5. The highest BCUT2D eigenvalue weighted by atomic mass is 79.9. The number of alkyl halides is 3. The van der Waals surface area contributed by atoms with Crippen LogP contribution in [0.2, 0.25) is 0 Å². The Kier molecular flexibility index (Phi) is 5.86. The molecule has 9 heteroatoms. The Morgan fingerprint density at radius 1 is 0.886 bits per heavy atom. The maximum absolute atomic E-state index is 13.0. The van der Waals surface area contributed by atoms with E-state index in [1.807, 2.05) is 36.4 Å². The van der Waals surface area contributed by atoms with Crippen LogP contribution in [0.5, 0.6) is 0 Å². The number of hydrogen-bond acceptors (Lipinski definition) is 3. The molecule has 2 heterocycles. The molecule has 0 saturated heterocycles. The van der Waals surface area contributed by atoms with Gasteiger partial charge in [0.25, 0.3) is 5.91 Å². The summed E-state index contributed by atoms with van der Waals surface area (Å²) in [7, 11) is 0. The average Bonchev–Trinajstić information content (AvgIpc) is 3.29. The molecule has 174 valence electrons. The summed E-state index contributed by atoms with van der Waals surface area (Å²) in [4.78, 5) is 17.0. The first-order valence-electron chi connectivity index (χ1n) is 10.5. The first kappa shape index (κ1) is 22.8. The number of rotatable bonds is 4. The highest BCUT2D eigenvalue weighted by Gasteiger charge is 2.30. The van der Waals surface area contributed by atoms with Crippen molar-refractivity contribution >= 4 is 33.2 Å². The fourth-order valence-corrected chi connectivity index (χ4v) is 3.94. The number of carbonyl (C=O) groups is 1. The zero-order chi connectivity index (χ0) is 24.6. The maximum Gasteiger partial charge on any atom is 0.416 e. The minimum Gasteiger partial charge on any atom is -0.322 e. The molecule has 5 aromatic rings. The lowest BCUT2D eigenvalue weighted by Crippen LogP contribution is -2.14. The summed E-state index contributed by atoms with van der Waals surface area (Å²) in [6.07, 6.45) is -2.85. The molecule has 0 saturated carbocycles. The predicted molar refractivity (Wildman–Crippen MR) is 131 cm³/mol. The van der Waals surface area contributed by atoms with E-state index in [4.69, 9.17) is 5.10 Å². The van der Waals surface area contributed by atoms with Crippen molar-refractivity contribution in [2.75, 3.05) is 5.32 Å². The summed E-state index contributed by atoms with van der Waals surface area (Å²) in [5.41, 5.74) is 3.33. The van der Waals surface area contributed by atoms with Gasteiger partial charge in [0, 0.05) is 39.1 Å². The standard InChI is InChI=1S/C26H16BrF3N4O/c27-20-9-7-16(8-10-20)22-15-24-31-12-11-23(34(24)33-22)17-3-2-6-21(14-17)32-25(35)18-4-1-5-19(13-18)26(28,29)30/h1-15H,(H,32,35). The van der Waals surface area contributed by atoms with Gasteiger partial charge in [-0.25, -0.2) is 9.50 Å². The third-order valence-corrected chi connectivity index (χ3v) is 5.89. The summed E-state index contributed by atoms with van der Waals surface area (Å²) in [6.45, 7) is 0. The van der Waals surface area contributed by atoms with Crippen molar-refractivity contribution in [2.45, 2.75) is 6.18 Å². The Labute approximate surface area is 206 Å². The molecule has 35 heavy (non-hydrogen) atoms. The molecule has 0 aliphatic heterocycles. The van der Waals surface area contributed by atoms with Crippen LogP contribution in [0.4, 0.5) is 18.9 Å². The van der Waals surface area contributed by atoms with Gasteiger partial charge >= 0.3 is 6.18 Å². The highest BCUT2D eigenvalue weighted by molar-refractivity contribution is 9.10. The molecule has 3 aromatic carbocycles. The lowest BCUT2D eigenvalue weighted by Gasteiger charge is -2.11. The van der Waals surface area contributed by atoms with Gasteiger partial charge in [-0.1, -0.05) is 46.3 Å². The first-order valence-corrected chi connectivity index (χ1v) is 11.3. The molecule has 1 N–H and O–H groups in total. The average molecular weight is 537 g/mol. The van der Waals surface area contributed by atoms with Gasteiger partial charge in [0.1, 0.15) is 0 Å². The minimum absolute atomic E-state index is 0.0808. The molecule has 1 amide bonds. The Hall–Kier alpha value is -3.98. The van der Waals surface area contributed by atoms with Gasteiger partial charge in [-0.3, -0.25) is 4.79 Å².